The number of halogens is 12. The second-order valence-corrected chi connectivity index (χ2v) is 15.6. The Morgan fingerprint density at radius 1 is 0.556 bits per heavy atom. The van der Waals surface area contributed by atoms with Gasteiger partial charge in [0.2, 0.25) is 23.6 Å². The summed E-state index contributed by atoms with van der Waals surface area (Å²) in [4.78, 5) is 57.4. The summed E-state index contributed by atoms with van der Waals surface area (Å²) in [6.45, 7) is 0.0197. The number of benzene rings is 4. The van der Waals surface area contributed by atoms with Crippen LogP contribution in [0.2, 0.25) is 0 Å². The number of carbonyl (C=O) groups excluding carboxylic acids is 4. The molecule has 2 heterocycles. The zero-order valence-electron chi connectivity index (χ0n) is 31.7. The van der Waals surface area contributed by atoms with Crippen LogP contribution in [-0.2, 0) is 50.5 Å². The fourth-order valence-electron chi connectivity index (χ4n) is 9.20. The summed E-state index contributed by atoms with van der Waals surface area (Å²) in [5.41, 5.74) is -8.77. The Hall–Kier alpha value is -6.34. The highest BCUT2D eigenvalue weighted by Crippen LogP contribution is 2.60. The molecule has 6 atom stereocenters. The number of rotatable bonds is 6. The molecule has 4 aromatic rings. The van der Waals surface area contributed by atoms with Crippen LogP contribution in [0.15, 0.2) is 96.6 Å². The van der Waals surface area contributed by atoms with Gasteiger partial charge < -0.3 is 9.84 Å². The number of alkyl halides is 12. The van der Waals surface area contributed by atoms with Crippen molar-refractivity contribution in [1.29, 1.82) is 0 Å². The first-order chi connectivity index (χ1) is 29.3. The lowest BCUT2D eigenvalue weighted by atomic mass is 9.57. The first kappa shape index (κ1) is 43.3. The third-order valence-corrected chi connectivity index (χ3v) is 11.9. The molecule has 63 heavy (non-hydrogen) atoms. The zero-order valence-corrected chi connectivity index (χ0v) is 31.7. The van der Waals surface area contributed by atoms with Gasteiger partial charge in [-0.3, -0.25) is 19.2 Å². The average molecular weight is 897 g/mol. The molecule has 4 amide bonds. The highest BCUT2D eigenvalue weighted by Gasteiger charge is 2.63. The number of imide groups is 2. The monoisotopic (exact) mass is 896 g/mol. The van der Waals surface area contributed by atoms with E-state index in [-0.39, 0.29) is 76.1 Å². The molecule has 0 spiro atoms. The van der Waals surface area contributed by atoms with E-state index in [4.69, 9.17) is 4.74 Å². The molecule has 330 valence electrons. The molecule has 3 fully saturated rings. The summed E-state index contributed by atoms with van der Waals surface area (Å²) in [5.74, 6) is -14.6. The van der Waals surface area contributed by atoms with Crippen molar-refractivity contribution in [3.63, 3.8) is 0 Å². The topological polar surface area (TPSA) is 104 Å². The standard InChI is InChI=1S/C43H28F12N2O6/c44-40(45,46)20-10-21(41(47,48)49)13-24(12-20)56-36(59)29-9-8-27-30(34(29)38(56)61)17-31-35(33(27)28-7-6-26(16-32(28)58)63-18-19-4-2-1-3-5-19)39(62)57(37(31)60)25-14-22(42(50,51)52)11-23(15-25)43(53,54)55/h1-8,10-16,29-31,33-35,58H,9,17-18H2. The average Bonchev–Trinajstić information content (AvgIpc) is 3.61. The van der Waals surface area contributed by atoms with Gasteiger partial charge in [-0.05, 0) is 66.8 Å². The van der Waals surface area contributed by atoms with Gasteiger partial charge >= 0.3 is 24.7 Å². The van der Waals surface area contributed by atoms with Crippen LogP contribution in [0.25, 0.3) is 0 Å². The summed E-state index contributed by atoms with van der Waals surface area (Å²) in [7, 11) is 0. The smallest absolute Gasteiger partial charge is 0.416 e. The summed E-state index contributed by atoms with van der Waals surface area (Å²) in [6.07, 6.45) is -21.1. The van der Waals surface area contributed by atoms with Crippen molar-refractivity contribution in [3.8, 4) is 11.5 Å². The van der Waals surface area contributed by atoms with Gasteiger partial charge in [-0.2, -0.15) is 52.7 Å². The highest BCUT2D eigenvalue weighted by molar-refractivity contribution is 6.24. The first-order valence-electron chi connectivity index (χ1n) is 18.9. The zero-order chi connectivity index (χ0) is 45.7. The van der Waals surface area contributed by atoms with Gasteiger partial charge in [0.25, 0.3) is 0 Å². The quantitative estimate of drug-likeness (QED) is 0.117. The predicted molar refractivity (Wildman–Crippen MR) is 194 cm³/mol. The molecule has 6 unspecified atom stereocenters. The molecular weight excluding hydrogens is 868 g/mol. The number of allylic oxidation sites excluding steroid dienone is 2. The van der Waals surface area contributed by atoms with Crippen LogP contribution < -0.4 is 14.5 Å². The second-order valence-electron chi connectivity index (χ2n) is 15.6. The van der Waals surface area contributed by atoms with Crippen LogP contribution in [0.5, 0.6) is 11.5 Å². The molecule has 1 saturated carbocycles. The van der Waals surface area contributed by atoms with Crippen molar-refractivity contribution in [2.24, 2.45) is 29.6 Å². The molecule has 4 aliphatic rings. The number of hydrogen-bond donors (Lipinski definition) is 1. The van der Waals surface area contributed by atoms with Crippen molar-refractivity contribution >= 4 is 35.0 Å². The second kappa shape index (κ2) is 14.9. The molecule has 8 nitrogen and oxygen atoms in total. The molecule has 0 bridgehead atoms. The number of nitrogens with zero attached hydrogens (tertiary/aromatic N) is 2. The van der Waals surface area contributed by atoms with E-state index in [2.05, 4.69) is 0 Å². The molecule has 2 aliphatic heterocycles. The van der Waals surface area contributed by atoms with Crippen LogP contribution in [0.1, 0.15) is 52.1 Å². The van der Waals surface area contributed by atoms with Crippen molar-refractivity contribution in [2.75, 3.05) is 9.80 Å². The fraction of sp³-hybridized carbons (Fsp3) is 0.302. The maximum absolute atomic E-state index is 14.5. The molecule has 8 rings (SSSR count). The van der Waals surface area contributed by atoms with Crippen molar-refractivity contribution in [2.45, 2.75) is 50.1 Å². The summed E-state index contributed by atoms with van der Waals surface area (Å²) >= 11 is 0. The number of ether oxygens (including phenoxy) is 1. The third-order valence-electron chi connectivity index (χ3n) is 11.9. The number of amides is 4. The number of phenols is 1. The maximum Gasteiger partial charge on any atom is 0.416 e. The van der Waals surface area contributed by atoms with Gasteiger partial charge in [0.1, 0.15) is 18.1 Å². The Morgan fingerprint density at radius 2 is 1.03 bits per heavy atom. The Morgan fingerprint density at radius 3 is 1.51 bits per heavy atom. The molecule has 20 heteroatoms. The van der Waals surface area contributed by atoms with Crippen LogP contribution >= 0.6 is 0 Å². The molecule has 0 radical (unpaired) electrons. The number of fused-ring (bicyclic) bond motifs is 4. The van der Waals surface area contributed by atoms with E-state index in [0.29, 0.717) is 0 Å². The van der Waals surface area contributed by atoms with E-state index >= 15 is 0 Å². The summed E-state index contributed by atoms with van der Waals surface area (Å²) in [5, 5.41) is 11.5. The Kier molecular flexibility index (Phi) is 10.2. The van der Waals surface area contributed by atoms with Crippen molar-refractivity contribution in [1.82, 2.24) is 0 Å². The number of anilines is 2. The minimum absolute atomic E-state index is 0.0197. The van der Waals surface area contributed by atoms with Crippen molar-refractivity contribution in [3.05, 3.63) is 130 Å². The molecule has 2 aliphatic carbocycles. The third kappa shape index (κ3) is 7.66. The number of carbonyl (C=O) groups is 4. The van der Waals surface area contributed by atoms with Crippen LogP contribution in [0.4, 0.5) is 64.1 Å². The molecular formula is C43H28F12N2O6. The summed E-state index contributed by atoms with van der Waals surface area (Å²) in [6, 6.07) is 12.9. The summed E-state index contributed by atoms with van der Waals surface area (Å²) < 4.78 is 173. The minimum atomic E-state index is -5.39. The Balaban J connectivity index is 1.23. The SMILES string of the molecule is O=C1C2CC=C3C(CC4C(=O)N(c5cc(C(F)(F)F)cc(C(F)(F)F)c5)C(=O)C4C3c3ccc(OCc4ccccc4)cc3O)C2C(=O)N1c1cc(C(F)(F)F)cc(C(F)(F)F)c1. The normalized spacial score (nSPS) is 24.0. The van der Waals surface area contributed by atoms with Gasteiger partial charge in [-0.15, -0.1) is 0 Å². The van der Waals surface area contributed by atoms with Crippen LogP contribution in [0, 0.1) is 29.6 Å². The fourth-order valence-corrected chi connectivity index (χ4v) is 9.20. The molecule has 0 aromatic heterocycles. The Labute approximate surface area is 347 Å². The minimum Gasteiger partial charge on any atom is -0.508 e. The van der Waals surface area contributed by atoms with Crippen LogP contribution in [-0.4, -0.2) is 28.7 Å². The first-order valence-corrected chi connectivity index (χ1v) is 18.9. The van der Waals surface area contributed by atoms with E-state index in [9.17, 15) is 77.0 Å². The number of aromatic hydroxyl groups is 1. The van der Waals surface area contributed by atoms with E-state index in [0.717, 1.165) is 11.6 Å². The van der Waals surface area contributed by atoms with Gasteiger partial charge in [0.15, 0.2) is 0 Å². The molecule has 1 N–H and O–H groups in total. The van der Waals surface area contributed by atoms with Gasteiger partial charge in [-0.1, -0.05) is 48.0 Å². The van der Waals surface area contributed by atoms with Gasteiger partial charge in [0, 0.05) is 17.5 Å². The van der Waals surface area contributed by atoms with Crippen molar-refractivity contribution < 1.29 is 81.7 Å². The molecule has 4 aromatic carbocycles. The highest BCUT2D eigenvalue weighted by atomic mass is 19.4. The van der Waals surface area contributed by atoms with E-state index in [1.54, 1.807) is 30.3 Å². The Bertz CT molecular complexity index is 2520. The lowest BCUT2D eigenvalue weighted by Crippen LogP contribution is -2.43. The van der Waals surface area contributed by atoms with Crippen LogP contribution in [0.3, 0.4) is 0 Å². The van der Waals surface area contributed by atoms with Gasteiger partial charge in [0.05, 0.1) is 57.3 Å². The molecule has 2 saturated heterocycles. The van der Waals surface area contributed by atoms with E-state index in [1.165, 1.54) is 18.2 Å². The van der Waals surface area contributed by atoms with E-state index < -0.39 is 130 Å². The lowest BCUT2D eigenvalue weighted by molar-refractivity contribution is -0.144. The predicted octanol–water partition coefficient (Wildman–Crippen LogP) is 10.1. The number of hydrogen-bond acceptors (Lipinski definition) is 6. The maximum atomic E-state index is 14.5. The van der Waals surface area contributed by atoms with E-state index in [1.807, 2.05) is 0 Å². The lowest BCUT2D eigenvalue weighted by Gasteiger charge is -2.44. The largest absolute Gasteiger partial charge is 0.508 e. The number of phenolic OH excluding ortho intramolecular Hbond substituents is 1. The van der Waals surface area contributed by atoms with Gasteiger partial charge in [-0.25, -0.2) is 9.80 Å².